The summed E-state index contributed by atoms with van der Waals surface area (Å²) in [6, 6.07) is 7.03. The zero-order valence-corrected chi connectivity index (χ0v) is 12.3. The molecule has 0 spiro atoms. The SMILES string of the molecule is CC(C)COc1ccccc1NC(=O)NCCC(C)O. The van der Waals surface area contributed by atoms with E-state index in [0.717, 1.165) is 0 Å². The molecule has 0 radical (unpaired) electrons. The quantitative estimate of drug-likeness (QED) is 0.719. The van der Waals surface area contributed by atoms with Crippen LogP contribution in [0.25, 0.3) is 0 Å². The van der Waals surface area contributed by atoms with Crippen LogP contribution in [-0.4, -0.2) is 30.4 Å². The fourth-order valence-corrected chi connectivity index (χ4v) is 1.51. The molecule has 1 aromatic carbocycles. The molecule has 0 heterocycles. The predicted octanol–water partition coefficient (Wildman–Crippen LogP) is 2.61. The first-order valence-electron chi connectivity index (χ1n) is 6.93. The Balaban J connectivity index is 2.51. The van der Waals surface area contributed by atoms with E-state index in [1.54, 1.807) is 13.0 Å². The van der Waals surface area contributed by atoms with Crippen LogP contribution in [0.2, 0.25) is 0 Å². The molecule has 0 saturated heterocycles. The highest BCUT2D eigenvalue weighted by Crippen LogP contribution is 2.24. The Bertz CT molecular complexity index is 419. The lowest BCUT2D eigenvalue weighted by molar-refractivity contribution is 0.184. The standard InChI is InChI=1S/C15H24N2O3/c1-11(2)10-20-14-7-5-4-6-13(14)17-15(19)16-9-8-12(3)18/h4-7,11-12,18H,8-10H2,1-3H3,(H2,16,17,19). The van der Waals surface area contributed by atoms with Gasteiger partial charge in [0.1, 0.15) is 5.75 Å². The van der Waals surface area contributed by atoms with Gasteiger partial charge in [0, 0.05) is 6.54 Å². The Kier molecular flexibility index (Phi) is 6.87. The summed E-state index contributed by atoms with van der Waals surface area (Å²) in [5.41, 5.74) is 0.641. The number of carbonyl (C=O) groups excluding carboxylic acids is 1. The van der Waals surface area contributed by atoms with Gasteiger partial charge in [0.2, 0.25) is 0 Å². The minimum atomic E-state index is -0.419. The molecular formula is C15H24N2O3. The molecule has 0 saturated carbocycles. The third kappa shape index (κ3) is 6.43. The third-order valence-electron chi connectivity index (χ3n) is 2.56. The van der Waals surface area contributed by atoms with Gasteiger partial charge >= 0.3 is 6.03 Å². The Hall–Kier alpha value is -1.75. The number of hydrogen-bond donors (Lipinski definition) is 3. The van der Waals surface area contributed by atoms with Crippen LogP contribution in [-0.2, 0) is 0 Å². The number of amides is 2. The molecule has 3 N–H and O–H groups in total. The second kappa shape index (κ2) is 8.43. The van der Waals surface area contributed by atoms with Gasteiger partial charge in [-0.25, -0.2) is 4.79 Å². The van der Waals surface area contributed by atoms with Gasteiger partial charge in [0.15, 0.2) is 0 Å². The Morgan fingerprint density at radius 1 is 1.30 bits per heavy atom. The van der Waals surface area contributed by atoms with Crippen molar-refractivity contribution in [2.24, 2.45) is 5.92 Å². The summed E-state index contributed by atoms with van der Waals surface area (Å²) in [4.78, 5) is 11.7. The summed E-state index contributed by atoms with van der Waals surface area (Å²) in [7, 11) is 0. The number of benzene rings is 1. The second-order valence-corrected chi connectivity index (χ2v) is 5.22. The lowest BCUT2D eigenvalue weighted by Crippen LogP contribution is -2.31. The van der Waals surface area contributed by atoms with Gasteiger partial charge in [-0.3, -0.25) is 0 Å². The average molecular weight is 280 g/mol. The molecule has 5 nitrogen and oxygen atoms in total. The normalized spacial score (nSPS) is 12.1. The molecule has 2 amide bonds. The van der Waals surface area contributed by atoms with E-state index < -0.39 is 6.10 Å². The summed E-state index contributed by atoms with van der Waals surface area (Å²) >= 11 is 0. The van der Waals surface area contributed by atoms with Crippen molar-refractivity contribution in [1.82, 2.24) is 5.32 Å². The predicted molar refractivity (Wildman–Crippen MR) is 80.1 cm³/mol. The monoisotopic (exact) mass is 280 g/mol. The number of rotatable bonds is 7. The van der Waals surface area contributed by atoms with Crippen LogP contribution in [0.3, 0.4) is 0 Å². The topological polar surface area (TPSA) is 70.6 Å². The van der Waals surface area contributed by atoms with Crippen LogP contribution >= 0.6 is 0 Å². The van der Waals surface area contributed by atoms with E-state index >= 15 is 0 Å². The van der Waals surface area contributed by atoms with Gasteiger partial charge in [0.25, 0.3) is 0 Å². The molecule has 0 aliphatic carbocycles. The van der Waals surface area contributed by atoms with E-state index in [1.165, 1.54) is 0 Å². The van der Waals surface area contributed by atoms with E-state index in [0.29, 0.717) is 36.9 Å². The van der Waals surface area contributed by atoms with Crippen molar-refractivity contribution in [3.8, 4) is 5.75 Å². The van der Waals surface area contributed by atoms with E-state index in [2.05, 4.69) is 24.5 Å². The van der Waals surface area contributed by atoms with E-state index in [-0.39, 0.29) is 6.03 Å². The second-order valence-electron chi connectivity index (χ2n) is 5.22. The van der Waals surface area contributed by atoms with Gasteiger partial charge in [-0.1, -0.05) is 26.0 Å². The number of ether oxygens (including phenoxy) is 1. The number of carbonyl (C=O) groups is 1. The molecule has 112 valence electrons. The smallest absolute Gasteiger partial charge is 0.319 e. The zero-order chi connectivity index (χ0) is 15.0. The lowest BCUT2D eigenvalue weighted by Gasteiger charge is -2.14. The number of hydrogen-bond acceptors (Lipinski definition) is 3. The molecule has 5 heteroatoms. The summed E-state index contributed by atoms with van der Waals surface area (Å²) in [5.74, 6) is 1.08. The molecular weight excluding hydrogens is 256 g/mol. The van der Waals surface area contributed by atoms with Crippen LogP contribution in [0.15, 0.2) is 24.3 Å². The summed E-state index contributed by atoms with van der Waals surface area (Å²) < 4.78 is 5.66. The molecule has 0 bridgehead atoms. The fourth-order valence-electron chi connectivity index (χ4n) is 1.51. The minimum Gasteiger partial charge on any atom is -0.491 e. The van der Waals surface area contributed by atoms with Crippen LogP contribution in [0.4, 0.5) is 10.5 Å². The van der Waals surface area contributed by atoms with Crippen molar-refractivity contribution < 1.29 is 14.6 Å². The maximum absolute atomic E-state index is 11.7. The fraction of sp³-hybridized carbons (Fsp3) is 0.533. The van der Waals surface area contributed by atoms with Crippen LogP contribution in [0, 0.1) is 5.92 Å². The molecule has 0 aliphatic rings. The first-order chi connectivity index (χ1) is 9.49. The molecule has 1 aromatic rings. The number of aliphatic hydroxyl groups excluding tert-OH is 1. The van der Waals surface area contributed by atoms with Crippen LogP contribution in [0.1, 0.15) is 27.2 Å². The Morgan fingerprint density at radius 3 is 2.65 bits per heavy atom. The molecule has 0 aliphatic heterocycles. The third-order valence-corrected chi connectivity index (χ3v) is 2.56. The molecule has 1 unspecified atom stereocenters. The minimum absolute atomic E-state index is 0.300. The first-order valence-corrected chi connectivity index (χ1v) is 6.93. The largest absolute Gasteiger partial charge is 0.491 e. The summed E-state index contributed by atoms with van der Waals surface area (Å²) in [6.07, 6.45) is 0.107. The van der Waals surface area contributed by atoms with Crippen molar-refractivity contribution in [2.45, 2.75) is 33.3 Å². The van der Waals surface area contributed by atoms with Crippen LogP contribution in [0.5, 0.6) is 5.75 Å². The lowest BCUT2D eigenvalue weighted by atomic mass is 10.2. The van der Waals surface area contributed by atoms with E-state index in [1.807, 2.05) is 18.2 Å². The average Bonchev–Trinajstić information content (AvgIpc) is 2.37. The zero-order valence-electron chi connectivity index (χ0n) is 12.3. The number of para-hydroxylation sites is 2. The number of urea groups is 1. The summed E-state index contributed by atoms with van der Waals surface area (Å²) in [6.45, 7) is 6.85. The highest BCUT2D eigenvalue weighted by atomic mass is 16.5. The van der Waals surface area contributed by atoms with Crippen molar-refractivity contribution in [2.75, 3.05) is 18.5 Å². The maximum Gasteiger partial charge on any atom is 0.319 e. The highest BCUT2D eigenvalue weighted by Gasteiger charge is 2.08. The number of anilines is 1. The van der Waals surface area contributed by atoms with Crippen molar-refractivity contribution >= 4 is 11.7 Å². The Morgan fingerprint density at radius 2 is 2.00 bits per heavy atom. The van der Waals surface area contributed by atoms with Gasteiger partial charge < -0.3 is 20.5 Å². The molecule has 0 aromatic heterocycles. The first kappa shape index (κ1) is 16.3. The maximum atomic E-state index is 11.7. The van der Waals surface area contributed by atoms with Gasteiger partial charge in [-0.15, -0.1) is 0 Å². The number of nitrogens with one attached hydrogen (secondary N) is 2. The van der Waals surface area contributed by atoms with Crippen molar-refractivity contribution in [1.29, 1.82) is 0 Å². The highest BCUT2D eigenvalue weighted by molar-refractivity contribution is 5.90. The van der Waals surface area contributed by atoms with Crippen molar-refractivity contribution in [3.05, 3.63) is 24.3 Å². The molecule has 1 atom stereocenters. The van der Waals surface area contributed by atoms with E-state index in [9.17, 15) is 4.79 Å². The number of aliphatic hydroxyl groups is 1. The molecule has 1 rings (SSSR count). The van der Waals surface area contributed by atoms with Gasteiger partial charge in [0.05, 0.1) is 18.4 Å². The van der Waals surface area contributed by atoms with Crippen LogP contribution < -0.4 is 15.4 Å². The van der Waals surface area contributed by atoms with E-state index in [4.69, 9.17) is 9.84 Å². The Labute approximate surface area is 120 Å². The molecule has 0 fully saturated rings. The molecule has 20 heavy (non-hydrogen) atoms. The van der Waals surface area contributed by atoms with Gasteiger partial charge in [-0.2, -0.15) is 0 Å². The van der Waals surface area contributed by atoms with Crippen molar-refractivity contribution in [3.63, 3.8) is 0 Å². The summed E-state index contributed by atoms with van der Waals surface area (Å²) in [5, 5.41) is 14.6. The van der Waals surface area contributed by atoms with Gasteiger partial charge in [-0.05, 0) is 31.4 Å².